The Morgan fingerprint density at radius 1 is 1.58 bits per heavy atom. The lowest BCUT2D eigenvalue weighted by Crippen LogP contribution is -2.40. The maximum Gasteiger partial charge on any atom is 0.0938 e. The molecule has 0 aromatic heterocycles. The zero-order chi connectivity index (χ0) is 8.55. The van der Waals surface area contributed by atoms with Gasteiger partial charge in [0.1, 0.15) is 0 Å². The zero-order valence-corrected chi connectivity index (χ0v) is 7.59. The topological polar surface area (TPSA) is 50.4 Å². The van der Waals surface area contributed by atoms with Crippen LogP contribution in [0.3, 0.4) is 0 Å². The van der Waals surface area contributed by atoms with Crippen molar-refractivity contribution in [2.75, 3.05) is 6.54 Å². The van der Waals surface area contributed by atoms with E-state index < -0.39 is 0 Å². The number of nitrogens with zero attached hydrogens (tertiary/aromatic N) is 1. The van der Waals surface area contributed by atoms with Gasteiger partial charge in [0.2, 0.25) is 0 Å². The third kappa shape index (κ3) is 1.33. The van der Waals surface area contributed by atoms with Crippen molar-refractivity contribution in [2.24, 2.45) is 16.6 Å². The fourth-order valence-electron chi connectivity index (χ4n) is 2.32. The molecular formula is C9H17N3. The average molecular weight is 167 g/mol. The van der Waals surface area contributed by atoms with Gasteiger partial charge in [-0.25, -0.2) is 0 Å². The van der Waals surface area contributed by atoms with E-state index in [2.05, 4.69) is 17.2 Å². The number of fused-ring (bicyclic) bond motifs is 1. The van der Waals surface area contributed by atoms with Crippen molar-refractivity contribution in [3.05, 3.63) is 0 Å². The summed E-state index contributed by atoms with van der Waals surface area (Å²) in [7, 11) is 0. The second kappa shape index (κ2) is 3.05. The SMILES string of the molecule is CC1=NC2CCC(CN)CC2N1. The standard InChI is InChI=1S/C9H17N3/c1-6-11-8-3-2-7(5-10)4-9(8)12-6/h7-9H,2-5,10H2,1H3,(H,11,12). The fourth-order valence-corrected chi connectivity index (χ4v) is 2.32. The van der Waals surface area contributed by atoms with Crippen LogP contribution in [0.5, 0.6) is 0 Å². The number of aliphatic imine (C=N–C) groups is 1. The van der Waals surface area contributed by atoms with Crippen molar-refractivity contribution in [1.82, 2.24) is 5.32 Å². The minimum absolute atomic E-state index is 0.549. The van der Waals surface area contributed by atoms with E-state index >= 15 is 0 Å². The number of nitrogens with one attached hydrogen (secondary N) is 1. The van der Waals surface area contributed by atoms with Crippen LogP contribution in [0.4, 0.5) is 0 Å². The molecule has 1 saturated carbocycles. The van der Waals surface area contributed by atoms with Crippen LogP contribution in [0.25, 0.3) is 0 Å². The molecule has 68 valence electrons. The quantitative estimate of drug-likeness (QED) is 0.597. The van der Waals surface area contributed by atoms with Crippen LogP contribution in [0, 0.1) is 5.92 Å². The van der Waals surface area contributed by atoms with E-state index in [1.165, 1.54) is 19.3 Å². The summed E-state index contributed by atoms with van der Waals surface area (Å²) in [4.78, 5) is 4.54. The molecule has 3 unspecified atom stereocenters. The van der Waals surface area contributed by atoms with Crippen molar-refractivity contribution in [3.63, 3.8) is 0 Å². The number of rotatable bonds is 1. The average Bonchev–Trinajstić information content (AvgIpc) is 2.43. The van der Waals surface area contributed by atoms with Crippen LogP contribution >= 0.6 is 0 Å². The first-order chi connectivity index (χ1) is 5.79. The van der Waals surface area contributed by atoms with Gasteiger partial charge in [0.25, 0.3) is 0 Å². The van der Waals surface area contributed by atoms with E-state index in [1.807, 2.05) is 0 Å². The Morgan fingerprint density at radius 2 is 2.42 bits per heavy atom. The summed E-state index contributed by atoms with van der Waals surface area (Å²) in [6.07, 6.45) is 3.69. The molecule has 1 fully saturated rings. The van der Waals surface area contributed by atoms with Crippen LogP contribution in [0.15, 0.2) is 4.99 Å². The molecule has 1 heterocycles. The fraction of sp³-hybridized carbons (Fsp3) is 0.889. The van der Waals surface area contributed by atoms with E-state index in [1.54, 1.807) is 0 Å². The highest BCUT2D eigenvalue weighted by Gasteiger charge is 2.33. The summed E-state index contributed by atoms with van der Waals surface area (Å²) in [5.41, 5.74) is 5.66. The van der Waals surface area contributed by atoms with Gasteiger partial charge in [-0.15, -0.1) is 0 Å². The predicted octanol–water partition coefficient (Wildman–Crippen LogP) is 0.504. The van der Waals surface area contributed by atoms with Gasteiger partial charge in [-0.3, -0.25) is 4.99 Å². The van der Waals surface area contributed by atoms with Crippen molar-refractivity contribution in [3.8, 4) is 0 Å². The molecule has 0 radical (unpaired) electrons. The number of hydrogen-bond donors (Lipinski definition) is 2. The molecule has 3 heteroatoms. The molecule has 1 aliphatic carbocycles. The monoisotopic (exact) mass is 167 g/mol. The highest BCUT2D eigenvalue weighted by atomic mass is 15.1. The van der Waals surface area contributed by atoms with Gasteiger partial charge in [0, 0.05) is 6.04 Å². The minimum atomic E-state index is 0.549. The molecule has 0 saturated heterocycles. The molecular weight excluding hydrogens is 150 g/mol. The Labute approximate surface area is 73.4 Å². The predicted molar refractivity (Wildman–Crippen MR) is 50.2 cm³/mol. The van der Waals surface area contributed by atoms with Gasteiger partial charge in [-0.1, -0.05) is 0 Å². The minimum Gasteiger partial charge on any atom is -0.369 e. The van der Waals surface area contributed by atoms with Gasteiger partial charge in [-0.05, 0) is 38.6 Å². The Hall–Kier alpha value is -0.570. The first-order valence-corrected chi connectivity index (χ1v) is 4.80. The van der Waals surface area contributed by atoms with Gasteiger partial charge in [0.05, 0.1) is 11.9 Å². The van der Waals surface area contributed by atoms with Crippen molar-refractivity contribution in [2.45, 2.75) is 38.3 Å². The van der Waals surface area contributed by atoms with E-state index in [-0.39, 0.29) is 0 Å². The van der Waals surface area contributed by atoms with Crippen LogP contribution in [0.1, 0.15) is 26.2 Å². The molecule has 0 aromatic carbocycles. The van der Waals surface area contributed by atoms with Crippen molar-refractivity contribution in [1.29, 1.82) is 0 Å². The molecule has 3 atom stereocenters. The maximum atomic E-state index is 5.66. The molecule has 0 spiro atoms. The molecule has 3 nitrogen and oxygen atoms in total. The van der Waals surface area contributed by atoms with Crippen molar-refractivity contribution < 1.29 is 0 Å². The van der Waals surface area contributed by atoms with Crippen LogP contribution in [0.2, 0.25) is 0 Å². The molecule has 0 amide bonds. The molecule has 0 aromatic rings. The lowest BCUT2D eigenvalue weighted by Gasteiger charge is -2.29. The zero-order valence-electron chi connectivity index (χ0n) is 7.59. The first kappa shape index (κ1) is 8.05. The van der Waals surface area contributed by atoms with Crippen LogP contribution in [-0.4, -0.2) is 24.5 Å². The molecule has 2 rings (SSSR count). The van der Waals surface area contributed by atoms with E-state index in [9.17, 15) is 0 Å². The normalized spacial score (nSPS) is 40.2. The molecule has 12 heavy (non-hydrogen) atoms. The van der Waals surface area contributed by atoms with Crippen LogP contribution < -0.4 is 11.1 Å². The molecule has 3 N–H and O–H groups in total. The van der Waals surface area contributed by atoms with E-state index in [0.717, 1.165) is 18.3 Å². The molecule has 1 aliphatic heterocycles. The summed E-state index contributed by atoms with van der Waals surface area (Å²) < 4.78 is 0. The number of amidine groups is 1. The van der Waals surface area contributed by atoms with Gasteiger partial charge in [0.15, 0.2) is 0 Å². The third-order valence-corrected chi connectivity index (χ3v) is 3.01. The highest BCUT2D eigenvalue weighted by molar-refractivity contribution is 5.81. The molecule has 2 aliphatic rings. The lowest BCUT2D eigenvalue weighted by molar-refractivity contribution is 0.294. The second-order valence-electron chi connectivity index (χ2n) is 3.95. The van der Waals surface area contributed by atoms with Crippen LogP contribution in [-0.2, 0) is 0 Å². The number of hydrogen-bond acceptors (Lipinski definition) is 3. The van der Waals surface area contributed by atoms with Gasteiger partial charge < -0.3 is 11.1 Å². The summed E-state index contributed by atoms with van der Waals surface area (Å²) >= 11 is 0. The Kier molecular flexibility index (Phi) is 2.05. The lowest BCUT2D eigenvalue weighted by atomic mass is 9.83. The van der Waals surface area contributed by atoms with E-state index in [0.29, 0.717) is 12.1 Å². The van der Waals surface area contributed by atoms with Gasteiger partial charge in [-0.2, -0.15) is 0 Å². The number of nitrogens with two attached hydrogens (primary N) is 1. The Morgan fingerprint density at radius 3 is 3.17 bits per heavy atom. The molecule has 0 bridgehead atoms. The van der Waals surface area contributed by atoms with Gasteiger partial charge >= 0.3 is 0 Å². The largest absolute Gasteiger partial charge is 0.369 e. The van der Waals surface area contributed by atoms with Crippen molar-refractivity contribution >= 4 is 5.84 Å². The Bertz CT molecular complexity index is 200. The third-order valence-electron chi connectivity index (χ3n) is 3.01. The highest BCUT2D eigenvalue weighted by Crippen LogP contribution is 2.28. The Balaban J connectivity index is 1.97. The smallest absolute Gasteiger partial charge is 0.0938 e. The summed E-state index contributed by atoms with van der Waals surface area (Å²) in [6, 6.07) is 1.14. The maximum absolute atomic E-state index is 5.66. The second-order valence-corrected chi connectivity index (χ2v) is 3.95. The summed E-state index contributed by atoms with van der Waals surface area (Å²) in [5.74, 6) is 1.84. The van der Waals surface area contributed by atoms with E-state index in [4.69, 9.17) is 5.73 Å². The summed E-state index contributed by atoms with van der Waals surface area (Å²) in [5, 5.41) is 3.41. The summed E-state index contributed by atoms with van der Waals surface area (Å²) in [6.45, 7) is 2.89. The first-order valence-electron chi connectivity index (χ1n) is 4.80.